The largest absolute Gasteiger partial charge is 0.469 e. The van der Waals surface area contributed by atoms with Crippen LogP contribution in [0.3, 0.4) is 0 Å². The molecule has 2 saturated carbocycles. The molecule has 0 N–H and O–H groups in total. The Labute approximate surface area is 424 Å². The molecule has 2 fully saturated rings. The van der Waals surface area contributed by atoms with Gasteiger partial charge in [0.15, 0.2) is 17.3 Å². The second-order valence-electron chi connectivity index (χ2n) is 20.8. The van der Waals surface area contributed by atoms with Crippen molar-refractivity contribution in [1.82, 2.24) is 0 Å². The fourth-order valence-corrected chi connectivity index (χ4v) is 10.1. The zero-order valence-corrected chi connectivity index (χ0v) is 44.8. The van der Waals surface area contributed by atoms with Crippen molar-refractivity contribution in [1.29, 1.82) is 0 Å². The van der Waals surface area contributed by atoms with Gasteiger partial charge in [-0.3, -0.25) is 14.4 Å². The van der Waals surface area contributed by atoms with Crippen LogP contribution < -0.4 is 9.47 Å². The van der Waals surface area contributed by atoms with E-state index in [1.807, 2.05) is 51.1 Å². The molecule has 11 heteroatoms. The number of fused-ring (bicyclic) bond motifs is 1. The second-order valence-corrected chi connectivity index (χ2v) is 20.8. The molecule has 1 aliphatic heterocycles. The van der Waals surface area contributed by atoms with E-state index in [4.69, 9.17) is 37.6 Å². The molecule has 0 radical (unpaired) electrons. The predicted octanol–water partition coefficient (Wildman–Crippen LogP) is 12.6. The molecule has 7 rings (SSSR count). The standard InChI is InChI=1S/C22H26O3.C19H30O5.C19H26O3/c1-15(2)11-19-21(3,4)22(19,20(23)24-5)17-13-18(25-14-17)12-16-9-7-6-8-10-16;1-3-5-7-20-8-9-21-10-11-22-14-17-13-19-18(23-15-24-19)12-16(17)6-4-2;1-7-8-13-12(4)16(10-15(13)20)22-18(21)17-14(9-11(2)3)19(17,5)6/h6-11,13-14,19H,12H2,1-5H3;12-13H,3-11,14-15H2,1-2H3;7,9,14,16-17H,1,8,10H2,2-6H3/t19-,22+;;/m1../s1. The van der Waals surface area contributed by atoms with E-state index in [1.54, 1.807) is 12.3 Å². The first-order chi connectivity index (χ1) is 33.9. The van der Waals surface area contributed by atoms with Gasteiger partial charge in [0.1, 0.15) is 17.3 Å². The van der Waals surface area contributed by atoms with Gasteiger partial charge < -0.3 is 37.6 Å². The van der Waals surface area contributed by atoms with E-state index < -0.39 is 11.5 Å². The van der Waals surface area contributed by atoms with E-state index in [-0.39, 0.29) is 52.7 Å². The Morgan fingerprint density at radius 3 is 2.07 bits per heavy atom. The number of furan rings is 1. The van der Waals surface area contributed by atoms with Crippen LogP contribution in [-0.4, -0.2) is 70.8 Å². The monoisotopic (exact) mass is 979 g/mol. The first kappa shape index (κ1) is 56.7. The van der Waals surface area contributed by atoms with Gasteiger partial charge in [-0.05, 0) is 111 Å². The third-order valence-electron chi connectivity index (χ3n) is 14.3. The minimum atomic E-state index is -0.669. The second kappa shape index (κ2) is 25.9. The number of carbonyl (C=O) groups is 3. The van der Waals surface area contributed by atoms with Gasteiger partial charge in [-0.15, -0.1) is 6.58 Å². The predicted molar refractivity (Wildman–Crippen MR) is 278 cm³/mol. The number of methoxy groups -OCH3 is 1. The summed E-state index contributed by atoms with van der Waals surface area (Å²) in [4.78, 5) is 37.2. The first-order valence-electron chi connectivity index (χ1n) is 25.6. The Hall–Kier alpha value is -5.23. The Balaban J connectivity index is 0.000000199. The van der Waals surface area contributed by atoms with Crippen molar-refractivity contribution in [3.8, 4) is 11.5 Å². The summed E-state index contributed by atoms with van der Waals surface area (Å²) in [6.07, 6.45) is 13.3. The van der Waals surface area contributed by atoms with Gasteiger partial charge in [0.2, 0.25) is 6.79 Å². The van der Waals surface area contributed by atoms with Gasteiger partial charge >= 0.3 is 11.9 Å². The number of benzene rings is 2. The average molecular weight is 979 g/mol. The fourth-order valence-electron chi connectivity index (χ4n) is 10.1. The normalized spacial score (nSPS) is 21.8. The van der Waals surface area contributed by atoms with Crippen LogP contribution in [0.25, 0.3) is 0 Å². The SMILES string of the molecule is C=CCC1=C(C)C(OC(=O)C2C(C=C(C)C)C2(C)C)CC1=O.CCCCOCCOCCOCc1cc2c(cc1CCC)OCO2.COC(=O)[C@]1(c2coc(Cc3ccccc3)c2)[C@H](C=C(C)C)C1(C)C. The summed E-state index contributed by atoms with van der Waals surface area (Å²) >= 11 is 0. The lowest BCUT2D eigenvalue weighted by molar-refractivity contribution is -0.150. The van der Waals surface area contributed by atoms with E-state index in [0.29, 0.717) is 52.7 Å². The molecule has 2 aromatic carbocycles. The summed E-state index contributed by atoms with van der Waals surface area (Å²) in [6, 6.07) is 16.3. The number of rotatable bonds is 23. The summed E-state index contributed by atoms with van der Waals surface area (Å²) in [7, 11) is 1.46. The van der Waals surface area contributed by atoms with Crippen LogP contribution in [0, 0.1) is 28.6 Å². The highest BCUT2D eigenvalue weighted by Gasteiger charge is 2.76. The molecule has 71 heavy (non-hydrogen) atoms. The number of allylic oxidation sites excluding steroid dienone is 6. The van der Waals surface area contributed by atoms with Gasteiger partial charge in [0.05, 0.1) is 58.7 Å². The zero-order chi connectivity index (χ0) is 51.9. The van der Waals surface area contributed by atoms with Crippen LogP contribution in [0.1, 0.15) is 136 Å². The number of carbonyl (C=O) groups excluding carboxylic acids is 3. The van der Waals surface area contributed by atoms with Gasteiger partial charge in [-0.1, -0.05) is 114 Å². The highest BCUT2D eigenvalue weighted by molar-refractivity contribution is 6.00. The number of unbranched alkanes of at least 4 members (excludes halogenated alkanes) is 1. The Bertz CT molecular complexity index is 2360. The van der Waals surface area contributed by atoms with Crippen LogP contribution >= 0.6 is 0 Å². The number of ketones is 1. The van der Waals surface area contributed by atoms with Crippen LogP contribution in [0.2, 0.25) is 0 Å². The topological polar surface area (TPSA) is 129 Å². The van der Waals surface area contributed by atoms with Gasteiger partial charge in [0, 0.05) is 30.1 Å². The maximum Gasteiger partial charge on any atom is 0.317 e. The molecule has 0 bridgehead atoms. The van der Waals surface area contributed by atoms with Gasteiger partial charge in [0.25, 0.3) is 0 Å². The Kier molecular flexibility index (Phi) is 20.7. The van der Waals surface area contributed by atoms with Crippen molar-refractivity contribution in [3.63, 3.8) is 0 Å². The molecule has 0 amide bonds. The Morgan fingerprint density at radius 2 is 1.46 bits per heavy atom. The molecular weight excluding hydrogens is 897 g/mol. The number of hydrogen-bond acceptors (Lipinski definition) is 11. The summed E-state index contributed by atoms with van der Waals surface area (Å²) in [5.74, 6) is 2.47. The number of hydrogen-bond donors (Lipinski definition) is 0. The summed E-state index contributed by atoms with van der Waals surface area (Å²) in [6.45, 7) is 30.7. The maximum atomic E-state index is 12.8. The molecule has 3 aromatic rings. The molecule has 3 unspecified atom stereocenters. The molecular formula is C60H82O11. The zero-order valence-electron chi connectivity index (χ0n) is 44.8. The third-order valence-corrected chi connectivity index (χ3v) is 14.3. The minimum Gasteiger partial charge on any atom is -0.469 e. The summed E-state index contributed by atoms with van der Waals surface area (Å²) < 4.78 is 44.3. The number of esters is 2. The van der Waals surface area contributed by atoms with Crippen LogP contribution in [0.5, 0.6) is 11.5 Å². The van der Waals surface area contributed by atoms with E-state index in [1.165, 1.54) is 34.9 Å². The molecule has 388 valence electrons. The van der Waals surface area contributed by atoms with Crippen molar-refractivity contribution < 1.29 is 52.0 Å². The third kappa shape index (κ3) is 14.1. The quantitative estimate of drug-likeness (QED) is 0.0511. The molecule has 11 nitrogen and oxygen atoms in total. The van der Waals surface area contributed by atoms with E-state index in [2.05, 4.69) is 92.3 Å². The van der Waals surface area contributed by atoms with Crippen molar-refractivity contribution in [2.75, 3.05) is 46.9 Å². The van der Waals surface area contributed by atoms with Crippen molar-refractivity contribution in [2.24, 2.45) is 28.6 Å². The summed E-state index contributed by atoms with van der Waals surface area (Å²) in [5.41, 5.74) is 7.67. The highest BCUT2D eigenvalue weighted by Crippen LogP contribution is 2.71. The van der Waals surface area contributed by atoms with Crippen LogP contribution in [0.15, 0.2) is 106 Å². The molecule has 3 aliphatic carbocycles. The summed E-state index contributed by atoms with van der Waals surface area (Å²) in [5, 5.41) is 0. The molecule has 0 spiro atoms. The van der Waals surface area contributed by atoms with Gasteiger partial charge in [-0.25, -0.2) is 0 Å². The molecule has 2 heterocycles. The maximum absolute atomic E-state index is 12.8. The Morgan fingerprint density at radius 1 is 0.831 bits per heavy atom. The minimum absolute atomic E-state index is 0.0570. The molecule has 0 saturated heterocycles. The van der Waals surface area contributed by atoms with Gasteiger partial charge in [-0.2, -0.15) is 0 Å². The number of aryl methyl sites for hydroxylation is 1. The average Bonchev–Trinajstić information content (AvgIpc) is 3.67. The molecule has 1 aromatic heterocycles. The van der Waals surface area contributed by atoms with Crippen LogP contribution in [0.4, 0.5) is 0 Å². The van der Waals surface area contributed by atoms with Crippen LogP contribution in [-0.2, 0) is 62.9 Å². The van der Waals surface area contributed by atoms with E-state index in [0.717, 1.165) is 66.3 Å². The fraction of sp³-hybridized carbons (Fsp3) is 0.550. The lowest BCUT2D eigenvalue weighted by Gasteiger charge is -2.16. The van der Waals surface area contributed by atoms with E-state index in [9.17, 15) is 14.4 Å². The number of Topliss-reactive ketones (excluding diaryl/α,β-unsaturated/α-hetero) is 1. The van der Waals surface area contributed by atoms with E-state index >= 15 is 0 Å². The molecule has 4 aliphatic rings. The lowest BCUT2D eigenvalue weighted by atomic mass is 9.89. The van der Waals surface area contributed by atoms with Crippen molar-refractivity contribution >= 4 is 17.7 Å². The first-order valence-corrected chi connectivity index (χ1v) is 25.6. The molecule has 5 atom stereocenters. The highest BCUT2D eigenvalue weighted by atomic mass is 16.7. The van der Waals surface area contributed by atoms with Crippen molar-refractivity contribution in [3.05, 3.63) is 130 Å². The lowest BCUT2D eigenvalue weighted by Crippen LogP contribution is -2.27. The number of ether oxygens (including phenoxy) is 7. The van der Waals surface area contributed by atoms with Crippen molar-refractivity contribution in [2.45, 2.75) is 139 Å². The smallest absolute Gasteiger partial charge is 0.317 e.